The summed E-state index contributed by atoms with van der Waals surface area (Å²) in [6.07, 6.45) is 1.68. The molecule has 1 fully saturated rings. The van der Waals surface area contributed by atoms with Crippen LogP contribution in [0.25, 0.3) is 6.08 Å². The summed E-state index contributed by atoms with van der Waals surface area (Å²) in [5.74, 6) is 0.217. The van der Waals surface area contributed by atoms with Gasteiger partial charge in [-0.2, -0.15) is 0 Å². The first-order valence-corrected chi connectivity index (χ1v) is 12.8. The van der Waals surface area contributed by atoms with E-state index >= 15 is 0 Å². The predicted octanol–water partition coefficient (Wildman–Crippen LogP) is 8.33. The van der Waals surface area contributed by atoms with Gasteiger partial charge in [-0.25, -0.2) is 0 Å². The molecule has 2 amide bonds. The number of imide groups is 1. The van der Waals surface area contributed by atoms with Crippen LogP contribution in [0.15, 0.2) is 74.5 Å². The highest BCUT2D eigenvalue weighted by Gasteiger charge is 2.35. The van der Waals surface area contributed by atoms with Gasteiger partial charge in [0.1, 0.15) is 12.4 Å². The van der Waals surface area contributed by atoms with Crippen LogP contribution in [-0.4, -0.2) is 16.0 Å². The van der Waals surface area contributed by atoms with Crippen LogP contribution in [0.4, 0.5) is 4.79 Å². The van der Waals surface area contributed by atoms with E-state index in [0.29, 0.717) is 26.3 Å². The molecule has 0 N–H and O–H groups in total. The number of carbonyl (C=O) groups is 2. The van der Waals surface area contributed by atoms with Gasteiger partial charge in [-0.15, -0.1) is 0 Å². The third-order valence-corrected chi connectivity index (χ3v) is 7.58. The van der Waals surface area contributed by atoms with Crippen LogP contribution >= 0.6 is 66.8 Å². The topological polar surface area (TPSA) is 46.6 Å². The van der Waals surface area contributed by atoms with E-state index in [1.807, 2.05) is 36.4 Å². The van der Waals surface area contributed by atoms with Gasteiger partial charge in [-0.05, 0) is 59.8 Å². The van der Waals surface area contributed by atoms with E-state index in [4.69, 9.17) is 27.9 Å². The summed E-state index contributed by atoms with van der Waals surface area (Å²) in [7, 11) is 0. The minimum absolute atomic E-state index is 0.195. The number of benzene rings is 3. The molecule has 9 heteroatoms. The summed E-state index contributed by atoms with van der Waals surface area (Å²) in [6.45, 7) is 0.419. The molecule has 4 nitrogen and oxygen atoms in total. The Balaban J connectivity index is 1.57. The molecule has 168 valence electrons. The maximum absolute atomic E-state index is 13.0. The third-order valence-electron chi connectivity index (χ3n) is 4.82. The Labute approximate surface area is 222 Å². The molecule has 3 aromatic rings. The van der Waals surface area contributed by atoms with Gasteiger partial charge in [-0.3, -0.25) is 14.5 Å². The molecular formula is C24H15Br2Cl2NO3S. The number of amides is 2. The Hall–Kier alpha value is -1.77. The van der Waals surface area contributed by atoms with Crippen molar-refractivity contribution < 1.29 is 14.3 Å². The van der Waals surface area contributed by atoms with E-state index in [9.17, 15) is 9.59 Å². The Morgan fingerprint density at radius 1 is 0.970 bits per heavy atom. The van der Waals surface area contributed by atoms with E-state index < -0.39 is 0 Å². The van der Waals surface area contributed by atoms with Crippen molar-refractivity contribution in [3.8, 4) is 5.75 Å². The molecule has 0 unspecified atom stereocenters. The first kappa shape index (κ1) is 24.4. The zero-order chi connectivity index (χ0) is 23.5. The van der Waals surface area contributed by atoms with Crippen molar-refractivity contribution >= 4 is 84.0 Å². The average Bonchev–Trinajstić information content (AvgIpc) is 3.03. The summed E-state index contributed by atoms with van der Waals surface area (Å²) < 4.78 is 7.65. The lowest BCUT2D eigenvalue weighted by Crippen LogP contribution is -2.27. The second-order valence-corrected chi connectivity index (χ2v) is 10.7. The highest BCUT2D eigenvalue weighted by Crippen LogP contribution is 2.36. The minimum atomic E-state index is -0.340. The molecule has 1 saturated heterocycles. The highest BCUT2D eigenvalue weighted by molar-refractivity contribution is 9.10. The van der Waals surface area contributed by atoms with Crippen LogP contribution in [-0.2, 0) is 17.9 Å². The second kappa shape index (κ2) is 10.7. The summed E-state index contributed by atoms with van der Waals surface area (Å²) >= 11 is 20.0. The molecular weight excluding hydrogens is 613 g/mol. The van der Waals surface area contributed by atoms with Crippen LogP contribution in [0.5, 0.6) is 5.75 Å². The number of halogens is 4. The van der Waals surface area contributed by atoms with Crippen LogP contribution in [0.1, 0.15) is 16.7 Å². The number of thioether (sulfide) groups is 1. The maximum atomic E-state index is 13.0. The van der Waals surface area contributed by atoms with Crippen LogP contribution in [0, 0.1) is 0 Å². The lowest BCUT2D eigenvalue weighted by atomic mass is 10.1. The zero-order valence-corrected chi connectivity index (χ0v) is 22.4. The number of carbonyl (C=O) groups excluding carboxylic acids is 2. The van der Waals surface area contributed by atoms with Gasteiger partial charge in [-0.1, -0.05) is 79.3 Å². The van der Waals surface area contributed by atoms with Crippen LogP contribution < -0.4 is 4.74 Å². The second-order valence-electron chi connectivity index (χ2n) is 7.07. The largest absolute Gasteiger partial charge is 0.488 e. The summed E-state index contributed by atoms with van der Waals surface area (Å²) in [6, 6.07) is 18.2. The maximum Gasteiger partial charge on any atom is 0.293 e. The molecule has 0 saturated carbocycles. The Morgan fingerprint density at radius 2 is 1.76 bits per heavy atom. The zero-order valence-electron chi connectivity index (χ0n) is 16.9. The molecule has 0 spiro atoms. The molecule has 0 aromatic heterocycles. The van der Waals surface area contributed by atoms with Gasteiger partial charge in [0.2, 0.25) is 0 Å². The molecule has 0 atom stereocenters. The van der Waals surface area contributed by atoms with Gasteiger partial charge in [0, 0.05) is 30.1 Å². The van der Waals surface area contributed by atoms with Crippen LogP contribution in [0.3, 0.4) is 0 Å². The minimum Gasteiger partial charge on any atom is -0.488 e. The lowest BCUT2D eigenvalue weighted by Gasteiger charge is -2.14. The summed E-state index contributed by atoms with van der Waals surface area (Å²) in [5, 5.41) is 0.744. The summed E-state index contributed by atoms with van der Waals surface area (Å²) in [4.78, 5) is 27.2. The molecule has 0 bridgehead atoms. The van der Waals surface area contributed by atoms with Gasteiger partial charge >= 0.3 is 0 Å². The van der Waals surface area contributed by atoms with Crippen molar-refractivity contribution in [2.75, 3.05) is 0 Å². The Bertz CT molecular complexity index is 1280. The molecule has 1 aliphatic rings. The third kappa shape index (κ3) is 5.84. The number of ether oxygens (including phenoxy) is 1. The Morgan fingerprint density at radius 3 is 2.52 bits per heavy atom. The van der Waals surface area contributed by atoms with Crippen molar-refractivity contribution in [3.05, 3.63) is 101 Å². The number of hydrogen-bond acceptors (Lipinski definition) is 4. The first-order chi connectivity index (χ1) is 15.8. The fraction of sp³-hybridized carbons (Fsp3) is 0.0833. The van der Waals surface area contributed by atoms with Crippen molar-refractivity contribution in [2.24, 2.45) is 0 Å². The van der Waals surface area contributed by atoms with E-state index in [-0.39, 0.29) is 24.3 Å². The molecule has 0 aliphatic carbocycles. The quantitative estimate of drug-likeness (QED) is 0.258. The summed E-state index contributed by atoms with van der Waals surface area (Å²) in [5.41, 5.74) is 2.30. The normalized spacial score (nSPS) is 14.9. The molecule has 4 rings (SSSR count). The smallest absolute Gasteiger partial charge is 0.293 e. The van der Waals surface area contributed by atoms with E-state index in [1.54, 1.807) is 30.3 Å². The predicted molar refractivity (Wildman–Crippen MR) is 141 cm³/mol. The van der Waals surface area contributed by atoms with E-state index in [2.05, 4.69) is 31.9 Å². The van der Waals surface area contributed by atoms with Gasteiger partial charge in [0.15, 0.2) is 0 Å². The highest BCUT2D eigenvalue weighted by atomic mass is 79.9. The molecule has 1 heterocycles. The number of nitrogens with zero attached hydrogens (tertiary/aromatic N) is 1. The average molecular weight is 628 g/mol. The van der Waals surface area contributed by atoms with Crippen molar-refractivity contribution in [1.29, 1.82) is 0 Å². The first-order valence-electron chi connectivity index (χ1n) is 9.67. The molecule has 0 radical (unpaired) electrons. The number of rotatable bonds is 6. The lowest BCUT2D eigenvalue weighted by molar-refractivity contribution is -0.123. The molecule has 33 heavy (non-hydrogen) atoms. The van der Waals surface area contributed by atoms with Crippen LogP contribution in [0.2, 0.25) is 10.0 Å². The fourth-order valence-corrected chi connectivity index (χ4v) is 5.21. The van der Waals surface area contributed by atoms with E-state index in [0.717, 1.165) is 31.8 Å². The monoisotopic (exact) mass is 625 g/mol. The van der Waals surface area contributed by atoms with Crippen molar-refractivity contribution in [2.45, 2.75) is 13.2 Å². The SMILES string of the molecule is O=C1S/C(=C\c2cc(Br)ccc2OCc2ccc(Cl)cc2Cl)C(=O)N1Cc1ccccc1Br. The molecule has 3 aromatic carbocycles. The van der Waals surface area contributed by atoms with Crippen molar-refractivity contribution in [1.82, 2.24) is 4.90 Å². The van der Waals surface area contributed by atoms with Gasteiger partial charge in [0.05, 0.1) is 11.4 Å². The van der Waals surface area contributed by atoms with Gasteiger partial charge < -0.3 is 4.74 Å². The van der Waals surface area contributed by atoms with Crippen molar-refractivity contribution in [3.63, 3.8) is 0 Å². The number of hydrogen-bond donors (Lipinski definition) is 0. The van der Waals surface area contributed by atoms with Gasteiger partial charge in [0.25, 0.3) is 11.1 Å². The molecule has 1 aliphatic heterocycles. The standard InChI is InChI=1S/C24H15Br2Cl2NO3S/c25-17-6-8-21(32-13-15-5-7-18(27)11-20(15)28)16(9-17)10-22-23(30)29(24(31)33-22)12-14-3-1-2-4-19(14)26/h1-11H,12-13H2/b22-10-. The van der Waals surface area contributed by atoms with E-state index in [1.165, 1.54) is 4.90 Å². The Kier molecular flexibility index (Phi) is 7.87. The fourth-order valence-electron chi connectivity index (χ4n) is 3.13.